The van der Waals surface area contributed by atoms with Gasteiger partial charge in [0, 0.05) is 5.38 Å². The Hall–Kier alpha value is -1.95. The summed E-state index contributed by atoms with van der Waals surface area (Å²) in [5.41, 5.74) is -0.300. The lowest BCUT2D eigenvalue weighted by Crippen LogP contribution is -2.28. The second-order valence-electron chi connectivity index (χ2n) is 4.57. The summed E-state index contributed by atoms with van der Waals surface area (Å²) in [6.07, 6.45) is 0. The Kier molecular flexibility index (Phi) is 3.53. The number of hydrogen-bond acceptors (Lipinski definition) is 4. The number of aromatic nitrogens is 1. The van der Waals surface area contributed by atoms with Crippen molar-refractivity contribution in [2.24, 2.45) is 0 Å². The smallest absolute Gasteiger partial charge is 0.315 e. The zero-order valence-electron chi connectivity index (χ0n) is 10.5. The van der Waals surface area contributed by atoms with Crippen molar-refractivity contribution in [2.45, 2.75) is 19.3 Å². The molecule has 19 heavy (non-hydrogen) atoms. The minimum Gasteiger partial charge on any atom is -0.481 e. The maximum absolute atomic E-state index is 13.5. The van der Waals surface area contributed by atoms with Crippen LogP contribution in [0.1, 0.15) is 19.5 Å². The normalized spacial score (nSPS) is 11.3. The number of halogens is 1. The largest absolute Gasteiger partial charge is 0.481 e. The first-order chi connectivity index (χ1) is 8.91. The van der Waals surface area contributed by atoms with Crippen LogP contribution < -0.4 is 5.32 Å². The van der Waals surface area contributed by atoms with Crippen molar-refractivity contribution >= 4 is 28.1 Å². The first-order valence-electron chi connectivity index (χ1n) is 5.62. The highest BCUT2D eigenvalue weighted by molar-refractivity contribution is 7.13. The van der Waals surface area contributed by atoms with Gasteiger partial charge in [0.05, 0.1) is 11.4 Å². The van der Waals surface area contributed by atoms with Crippen molar-refractivity contribution in [1.82, 2.24) is 4.98 Å². The summed E-state index contributed by atoms with van der Waals surface area (Å²) in [6.45, 7) is 3.16. The molecule has 0 saturated heterocycles. The van der Waals surface area contributed by atoms with Crippen LogP contribution in [0.15, 0.2) is 29.6 Å². The molecule has 0 aliphatic rings. The van der Waals surface area contributed by atoms with Crippen LogP contribution in [0.3, 0.4) is 0 Å². The summed E-state index contributed by atoms with van der Waals surface area (Å²) >= 11 is 1.25. The van der Waals surface area contributed by atoms with Crippen LogP contribution in [-0.2, 0) is 10.2 Å². The Labute approximate surface area is 113 Å². The first-order valence-corrected chi connectivity index (χ1v) is 6.50. The summed E-state index contributed by atoms with van der Waals surface area (Å²) in [4.78, 5) is 15.3. The number of nitrogens with zero attached hydrogens (tertiary/aromatic N) is 1. The molecular formula is C13H13FN2O2S. The average molecular weight is 280 g/mol. The summed E-state index contributed by atoms with van der Waals surface area (Å²) in [6, 6.07) is 6.25. The van der Waals surface area contributed by atoms with Crippen LogP contribution in [0.5, 0.6) is 0 Å². The van der Waals surface area contributed by atoms with Gasteiger partial charge in [-0.2, -0.15) is 0 Å². The fraction of sp³-hybridized carbons (Fsp3) is 0.231. The lowest BCUT2D eigenvalue weighted by atomic mass is 9.90. The quantitative estimate of drug-likeness (QED) is 0.901. The van der Waals surface area contributed by atoms with Gasteiger partial charge in [0.2, 0.25) is 0 Å². The number of hydrogen-bond donors (Lipinski definition) is 2. The van der Waals surface area contributed by atoms with Crippen LogP contribution in [0.2, 0.25) is 0 Å². The number of aliphatic carboxylic acids is 1. The number of carboxylic acid groups (broad SMARTS) is 1. The van der Waals surface area contributed by atoms with Crippen LogP contribution in [0, 0.1) is 5.82 Å². The van der Waals surface area contributed by atoms with Gasteiger partial charge in [-0.05, 0) is 26.0 Å². The molecule has 2 N–H and O–H groups in total. The van der Waals surface area contributed by atoms with Crippen LogP contribution in [0.25, 0.3) is 0 Å². The number of benzene rings is 1. The summed E-state index contributed by atoms with van der Waals surface area (Å²) < 4.78 is 13.5. The van der Waals surface area contributed by atoms with Crippen molar-refractivity contribution in [3.63, 3.8) is 0 Å². The Balaban J connectivity index is 2.23. The molecule has 1 heterocycles. The number of thiazole rings is 1. The van der Waals surface area contributed by atoms with E-state index in [1.165, 1.54) is 17.4 Å². The van der Waals surface area contributed by atoms with E-state index in [1.54, 1.807) is 37.4 Å². The summed E-state index contributed by atoms with van der Waals surface area (Å²) in [5, 5.41) is 14.1. The molecule has 0 aliphatic carbocycles. The topological polar surface area (TPSA) is 62.2 Å². The molecule has 2 aromatic rings. The minimum absolute atomic E-state index is 0.316. The molecule has 100 valence electrons. The molecule has 0 spiro atoms. The first kappa shape index (κ1) is 13.5. The predicted octanol–water partition coefficient (Wildman–Crippen LogP) is 3.39. The zero-order chi connectivity index (χ0) is 14.0. The Morgan fingerprint density at radius 3 is 2.74 bits per heavy atom. The number of nitrogens with one attached hydrogen (secondary N) is 1. The third kappa shape index (κ3) is 2.73. The Morgan fingerprint density at radius 2 is 2.11 bits per heavy atom. The van der Waals surface area contributed by atoms with E-state index in [9.17, 15) is 9.18 Å². The second kappa shape index (κ2) is 4.97. The van der Waals surface area contributed by atoms with Gasteiger partial charge in [-0.25, -0.2) is 9.37 Å². The standard InChI is InChI=1S/C13H13FN2O2S/c1-13(2,11(17)18)10-7-19-12(16-10)15-9-6-4-3-5-8(9)14/h3-7H,1-2H3,(H,15,16)(H,17,18). The van der Waals surface area contributed by atoms with E-state index in [-0.39, 0.29) is 5.82 Å². The van der Waals surface area contributed by atoms with Crippen molar-refractivity contribution < 1.29 is 14.3 Å². The summed E-state index contributed by atoms with van der Waals surface area (Å²) in [5.74, 6) is -1.33. The van der Waals surface area contributed by atoms with Crippen LogP contribution >= 0.6 is 11.3 Å². The van der Waals surface area contributed by atoms with Gasteiger partial charge >= 0.3 is 5.97 Å². The molecular weight excluding hydrogens is 267 g/mol. The van der Waals surface area contributed by atoms with Crippen LogP contribution in [0.4, 0.5) is 15.2 Å². The number of anilines is 2. The van der Waals surface area contributed by atoms with E-state index in [4.69, 9.17) is 5.11 Å². The molecule has 0 bridgehead atoms. The fourth-order valence-corrected chi connectivity index (χ4v) is 2.30. The monoisotopic (exact) mass is 280 g/mol. The fourth-order valence-electron chi connectivity index (χ4n) is 1.41. The van der Waals surface area contributed by atoms with Crippen molar-refractivity contribution in [2.75, 3.05) is 5.32 Å². The van der Waals surface area contributed by atoms with Gasteiger partial charge in [-0.1, -0.05) is 12.1 Å². The van der Waals surface area contributed by atoms with E-state index in [1.807, 2.05) is 0 Å². The van der Waals surface area contributed by atoms with Gasteiger partial charge in [0.15, 0.2) is 5.13 Å². The van der Waals surface area contributed by atoms with Gasteiger partial charge in [-0.3, -0.25) is 4.79 Å². The third-order valence-electron chi connectivity index (χ3n) is 2.79. The highest BCUT2D eigenvalue weighted by Gasteiger charge is 2.32. The molecule has 1 aromatic heterocycles. The molecule has 0 saturated carbocycles. The maximum atomic E-state index is 13.5. The molecule has 0 fully saturated rings. The SMILES string of the molecule is CC(C)(C(=O)O)c1csc(Nc2ccccc2F)n1. The maximum Gasteiger partial charge on any atom is 0.315 e. The van der Waals surface area contributed by atoms with Gasteiger partial charge in [0.1, 0.15) is 11.2 Å². The number of carboxylic acids is 1. The number of rotatable bonds is 4. The molecule has 1 aromatic carbocycles. The molecule has 0 unspecified atom stereocenters. The average Bonchev–Trinajstić information content (AvgIpc) is 2.81. The molecule has 6 heteroatoms. The number of carbonyl (C=O) groups is 1. The van der Waals surface area contributed by atoms with Crippen LogP contribution in [-0.4, -0.2) is 16.1 Å². The minimum atomic E-state index is -1.06. The molecule has 0 radical (unpaired) electrons. The molecule has 0 amide bonds. The Bertz CT molecular complexity index is 610. The zero-order valence-corrected chi connectivity index (χ0v) is 11.3. The van der Waals surface area contributed by atoms with E-state index in [0.29, 0.717) is 16.5 Å². The van der Waals surface area contributed by atoms with Crippen molar-refractivity contribution in [1.29, 1.82) is 0 Å². The van der Waals surface area contributed by atoms with Gasteiger partial charge in [-0.15, -0.1) is 11.3 Å². The molecule has 4 nitrogen and oxygen atoms in total. The van der Waals surface area contributed by atoms with E-state index >= 15 is 0 Å². The van der Waals surface area contributed by atoms with Gasteiger partial charge in [0.25, 0.3) is 0 Å². The van der Waals surface area contributed by atoms with Crippen molar-refractivity contribution in [3.05, 3.63) is 41.2 Å². The van der Waals surface area contributed by atoms with E-state index < -0.39 is 11.4 Å². The second-order valence-corrected chi connectivity index (χ2v) is 5.43. The predicted molar refractivity (Wildman–Crippen MR) is 72.5 cm³/mol. The highest BCUT2D eigenvalue weighted by Crippen LogP contribution is 2.29. The lowest BCUT2D eigenvalue weighted by Gasteiger charge is -2.15. The number of para-hydroxylation sites is 1. The third-order valence-corrected chi connectivity index (χ3v) is 3.55. The van der Waals surface area contributed by atoms with E-state index in [2.05, 4.69) is 10.3 Å². The highest BCUT2D eigenvalue weighted by atomic mass is 32.1. The van der Waals surface area contributed by atoms with Gasteiger partial charge < -0.3 is 10.4 Å². The lowest BCUT2D eigenvalue weighted by molar-refractivity contribution is -0.142. The molecule has 0 aliphatic heterocycles. The molecule has 2 rings (SSSR count). The molecule has 0 atom stereocenters. The van der Waals surface area contributed by atoms with Crippen molar-refractivity contribution in [3.8, 4) is 0 Å². The summed E-state index contributed by atoms with van der Waals surface area (Å²) in [7, 11) is 0. The van der Waals surface area contributed by atoms with E-state index in [0.717, 1.165) is 0 Å². The Morgan fingerprint density at radius 1 is 1.42 bits per heavy atom.